The Morgan fingerprint density at radius 3 is 2.31 bits per heavy atom. The first-order valence-corrected chi connectivity index (χ1v) is 11.4. The first-order chi connectivity index (χ1) is 15.5. The summed E-state index contributed by atoms with van der Waals surface area (Å²) < 4.78 is 5.92. The average Bonchev–Trinajstić information content (AvgIpc) is 2.81. The van der Waals surface area contributed by atoms with Gasteiger partial charge in [-0.3, -0.25) is 9.88 Å². The molecule has 0 bridgehead atoms. The summed E-state index contributed by atoms with van der Waals surface area (Å²) in [5.74, 6) is 7.08. The van der Waals surface area contributed by atoms with E-state index in [0.29, 0.717) is 22.7 Å². The number of nitrogens with zero attached hydrogens (tertiary/aromatic N) is 3. The van der Waals surface area contributed by atoms with Crippen LogP contribution in [-0.4, -0.2) is 41.1 Å². The maximum Gasteiger partial charge on any atom is 0.131 e. The molecule has 5 heteroatoms. The highest BCUT2D eigenvalue weighted by Gasteiger charge is 2.24. The monoisotopic (exact) mass is 445 g/mol. The molecule has 1 aliphatic rings. The third-order valence-electron chi connectivity index (χ3n) is 5.87. The minimum atomic E-state index is 0.485. The van der Waals surface area contributed by atoms with Crippen LogP contribution in [0.15, 0.2) is 60.9 Å². The molecular weight excluding hydrogens is 418 g/mol. The molecule has 2 aromatic carbocycles. The molecule has 0 spiro atoms. The summed E-state index contributed by atoms with van der Waals surface area (Å²) in [4.78, 5) is 11.3. The Kier molecular flexibility index (Phi) is 7.09. The molecule has 0 N–H and O–H groups in total. The van der Waals surface area contributed by atoms with Crippen LogP contribution in [-0.2, 0) is 0 Å². The number of hydrogen-bond donors (Lipinski definition) is 0. The normalized spacial score (nSPS) is 15.6. The van der Waals surface area contributed by atoms with Crippen molar-refractivity contribution in [3.05, 3.63) is 77.2 Å². The summed E-state index contributed by atoms with van der Waals surface area (Å²) in [6, 6.07) is 15.4. The standard InChI is InChI=1S/C27H28ClN3O/c1-27(2)13-15-31(16-14-27)17-18-32-25-11-4-21(5-12-25)3-10-24-19-30-26(20-29-24)22-6-8-23(28)9-7-22/h4-9,11-12,19-20H,13-18H2,1-2H3. The Morgan fingerprint density at radius 1 is 0.938 bits per heavy atom. The van der Waals surface area contributed by atoms with Crippen molar-refractivity contribution < 1.29 is 4.74 Å². The molecule has 0 aliphatic carbocycles. The van der Waals surface area contributed by atoms with Crippen LogP contribution in [0.5, 0.6) is 5.75 Å². The van der Waals surface area contributed by atoms with Crippen molar-refractivity contribution in [1.82, 2.24) is 14.9 Å². The molecule has 0 unspecified atom stereocenters. The van der Waals surface area contributed by atoms with Gasteiger partial charge in [0.05, 0.1) is 18.1 Å². The molecule has 1 aromatic heterocycles. The zero-order valence-electron chi connectivity index (χ0n) is 18.6. The van der Waals surface area contributed by atoms with Crippen LogP contribution < -0.4 is 4.74 Å². The highest BCUT2D eigenvalue weighted by atomic mass is 35.5. The van der Waals surface area contributed by atoms with Crippen molar-refractivity contribution in [3.8, 4) is 28.8 Å². The minimum Gasteiger partial charge on any atom is -0.492 e. The van der Waals surface area contributed by atoms with E-state index in [2.05, 4.69) is 40.6 Å². The fourth-order valence-corrected chi connectivity index (χ4v) is 3.73. The van der Waals surface area contributed by atoms with Gasteiger partial charge in [0.15, 0.2) is 0 Å². The maximum atomic E-state index is 5.94. The van der Waals surface area contributed by atoms with Gasteiger partial charge in [-0.05, 0) is 73.7 Å². The Balaban J connectivity index is 1.27. The zero-order valence-corrected chi connectivity index (χ0v) is 19.4. The molecule has 2 heterocycles. The van der Waals surface area contributed by atoms with Crippen molar-refractivity contribution in [2.45, 2.75) is 26.7 Å². The molecule has 0 atom stereocenters. The highest BCUT2D eigenvalue weighted by molar-refractivity contribution is 6.30. The van der Waals surface area contributed by atoms with Gasteiger partial charge in [0.1, 0.15) is 18.1 Å². The van der Waals surface area contributed by atoms with E-state index in [9.17, 15) is 0 Å². The molecule has 1 fully saturated rings. The molecule has 32 heavy (non-hydrogen) atoms. The zero-order chi connectivity index (χ0) is 22.4. The van der Waals surface area contributed by atoms with Crippen LogP contribution >= 0.6 is 11.6 Å². The third kappa shape index (κ3) is 6.32. The van der Waals surface area contributed by atoms with Gasteiger partial charge in [0, 0.05) is 22.7 Å². The number of benzene rings is 2. The molecule has 0 radical (unpaired) electrons. The predicted octanol–water partition coefficient (Wildman–Crippen LogP) is 5.70. The van der Waals surface area contributed by atoms with Gasteiger partial charge in [-0.25, -0.2) is 4.98 Å². The number of halogens is 1. The van der Waals surface area contributed by atoms with Crippen molar-refractivity contribution in [3.63, 3.8) is 0 Å². The van der Waals surface area contributed by atoms with Gasteiger partial charge in [0.25, 0.3) is 0 Å². The summed E-state index contributed by atoms with van der Waals surface area (Å²) in [6.07, 6.45) is 5.94. The minimum absolute atomic E-state index is 0.485. The summed E-state index contributed by atoms with van der Waals surface area (Å²) in [7, 11) is 0. The van der Waals surface area contributed by atoms with Crippen LogP contribution in [0, 0.1) is 17.3 Å². The smallest absolute Gasteiger partial charge is 0.131 e. The molecule has 164 valence electrons. The summed E-state index contributed by atoms with van der Waals surface area (Å²) in [6.45, 7) is 8.72. The molecule has 3 aromatic rings. The van der Waals surface area contributed by atoms with E-state index in [1.807, 2.05) is 48.5 Å². The fourth-order valence-electron chi connectivity index (χ4n) is 3.61. The number of likely N-dealkylation sites (tertiary alicyclic amines) is 1. The van der Waals surface area contributed by atoms with E-state index in [1.165, 1.54) is 12.8 Å². The molecule has 1 aliphatic heterocycles. The topological polar surface area (TPSA) is 38.2 Å². The lowest BCUT2D eigenvalue weighted by molar-refractivity contribution is 0.116. The number of piperidine rings is 1. The van der Waals surface area contributed by atoms with Gasteiger partial charge in [-0.1, -0.05) is 43.5 Å². The summed E-state index contributed by atoms with van der Waals surface area (Å²) >= 11 is 5.94. The van der Waals surface area contributed by atoms with Crippen LogP contribution in [0.3, 0.4) is 0 Å². The second-order valence-corrected chi connectivity index (χ2v) is 9.36. The van der Waals surface area contributed by atoms with Crippen molar-refractivity contribution in [2.24, 2.45) is 5.41 Å². The van der Waals surface area contributed by atoms with Crippen LogP contribution in [0.1, 0.15) is 37.9 Å². The van der Waals surface area contributed by atoms with Crippen molar-refractivity contribution in [2.75, 3.05) is 26.2 Å². The third-order valence-corrected chi connectivity index (χ3v) is 6.12. The highest BCUT2D eigenvalue weighted by Crippen LogP contribution is 2.29. The lowest BCUT2D eigenvalue weighted by Gasteiger charge is -2.36. The van der Waals surface area contributed by atoms with E-state index in [0.717, 1.165) is 42.2 Å². The van der Waals surface area contributed by atoms with E-state index < -0.39 is 0 Å². The average molecular weight is 446 g/mol. The lowest BCUT2D eigenvalue weighted by atomic mass is 9.83. The molecule has 0 amide bonds. The Morgan fingerprint density at radius 2 is 1.66 bits per heavy atom. The van der Waals surface area contributed by atoms with Crippen LogP contribution in [0.4, 0.5) is 0 Å². The van der Waals surface area contributed by atoms with Gasteiger partial charge in [0.2, 0.25) is 0 Å². The molecule has 4 rings (SSSR count). The molecular formula is C27H28ClN3O. The SMILES string of the molecule is CC1(C)CCN(CCOc2ccc(C#Cc3cnc(-c4ccc(Cl)cc4)cn3)cc2)CC1. The fraction of sp³-hybridized carbons (Fsp3) is 0.333. The first-order valence-electron chi connectivity index (χ1n) is 11.0. The van der Waals surface area contributed by atoms with E-state index >= 15 is 0 Å². The van der Waals surface area contributed by atoms with E-state index in [4.69, 9.17) is 16.3 Å². The maximum absolute atomic E-state index is 5.94. The van der Waals surface area contributed by atoms with Gasteiger partial charge in [-0.2, -0.15) is 0 Å². The second-order valence-electron chi connectivity index (χ2n) is 8.92. The Hall–Kier alpha value is -2.87. The van der Waals surface area contributed by atoms with Crippen molar-refractivity contribution >= 4 is 11.6 Å². The largest absolute Gasteiger partial charge is 0.492 e. The van der Waals surface area contributed by atoms with Crippen LogP contribution in [0.25, 0.3) is 11.3 Å². The molecule has 4 nitrogen and oxygen atoms in total. The molecule has 1 saturated heterocycles. The lowest BCUT2D eigenvalue weighted by Crippen LogP contribution is -2.39. The summed E-state index contributed by atoms with van der Waals surface area (Å²) in [5.41, 5.74) is 3.80. The first kappa shape index (κ1) is 22.3. The number of hydrogen-bond acceptors (Lipinski definition) is 4. The van der Waals surface area contributed by atoms with Gasteiger partial charge >= 0.3 is 0 Å². The Bertz CT molecular complexity index is 1070. The van der Waals surface area contributed by atoms with E-state index in [1.54, 1.807) is 12.4 Å². The van der Waals surface area contributed by atoms with Crippen molar-refractivity contribution in [1.29, 1.82) is 0 Å². The molecule has 0 saturated carbocycles. The number of aromatic nitrogens is 2. The van der Waals surface area contributed by atoms with Gasteiger partial charge in [-0.15, -0.1) is 0 Å². The quantitative estimate of drug-likeness (QED) is 0.472. The van der Waals surface area contributed by atoms with Crippen LogP contribution in [0.2, 0.25) is 5.02 Å². The summed E-state index contributed by atoms with van der Waals surface area (Å²) in [5, 5.41) is 0.701. The van der Waals surface area contributed by atoms with E-state index in [-0.39, 0.29) is 0 Å². The number of ether oxygens (including phenoxy) is 1. The Labute approximate surface area is 195 Å². The predicted molar refractivity (Wildman–Crippen MR) is 130 cm³/mol. The second kappa shape index (κ2) is 10.2. The number of rotatable bonds is 5. The van der Waals surface area contributed by atoms with Gasteiger partial charge < -0.3 is 4.74 Å².